The van der Waals surface area contributed by atoms with Crippen molar-refractivity contribution in [1.82, 2.24) is 4.57 Å². The maximum atomic E-state index is 7.35. The summed E-state index contributed by atoms with van der Waals surface area (Å²) < 4.78 is 15.4. The van der Waals surface area contributed by atoms with E-state index in [1.165, 1.54) is 131 Å². The first-order chi connectivity index (χ1) is 34.4. The maximum absolute atomic E-state index is 7.35. The van der Waals surface area contributed by atoms with Crippen LogP contribution >= 0.6 is 22.7 Å². The molecule has 1 aliphatic heterocycles. The Morgan fingerprint density at radius 3 is 2.00 bits per heavy atom. The molecule has 8 aromatic carbocycles. The zero-order valence-corrected chi connectivity index (χ0v) is 44.7. The quantitative estimate of drug-likeness (QED) is 0.178. The molecule has 1 aliphatic carbocycles. The van der Waals surface area contributed by atoms with Crippen molar-refractivity contribution in [2.45, 2.75) is 104 Å². The van der Waals surface area contributed by atoms with E-state index in [4.69, 9.17) is 4.42 Å². The van der Waals surface area contributed by atoms with Gasteiger partial charge in [-0.3, -0.25) is 0 Å². The van der Waals surface area contributed by atoms with Crippen LogP contribution in [0.3, 0.4) is 0 Å². The highest BCUT2D eigenvalue weighted by molar-refractivity contribution is 7.29. The number of thiophene rings is 2. The molecule has 0 radical (unpaired) electrons. The number of hydrogen-bond acceptors (Lipinski definition) is 4. The number of benzene rings is 8. The number of para-hydroxylation sites is 1. The minimum Gasteiger partial charge on any atom is -0.455 e. The summed E-state index contributed by atoms with van der Waals surface area (Å²) >= 11 is 3.90. The summed E-state index contributed by atoms with van der Waals surface area (Å²) in [6.07, 6.45) is 2.38. The van der Waals surface area contributed by atoms with Crippen molar-refractivity contribution in [3.8, 4) is 27.9 Å². The summed E-state index contributed by atoms with van der Waals surface area (Å²) in [6, 6.07) is 53.2. The third-order valence-corrected chi connectivity index (χ3v) is 19.1. The number of aromatic nitrogens is 1. The molecule has 12 aromatic rings. The molecule has 5 heterocycles. The number of fused-ring (bicyclic) bond motifs is 15. The first kappa shape index (κ1) is 44.1. The summed E-state index contributed by atoms with van der Waals surface area (Å²) in [5.74, 6) is 0. The molecule has 0 saturated heterocycles. The van der Waals surface area contributed by atoms with Crippen molar-refractivity contribution in [2.75, 3.05) is 5.32 Å². The predicted octanol–water partition coefficient (Wildman–Crippen LogP) is 18.0. The Labute approximate surface area is 430 Å². The van der Waals surface area contributed by atoms with Crippen molar-refractivity contribution in [3.05, 3.63) is 162 Å². The van der Waals surface area contributed by atoms with Crippen LogP contribution in [0.2, 0.25) is 0 Å². The average molecular weight is 971 g/mol. The fourth-order valence-corrected chi connectivity index (χ4v) is 14.9. The molecular weight excluding hydrogens is 912 g/mol. The third kappa shape index (κ3) is 6.47. The molecule has 6 heteroatoms. The van der Waals surface area contributed by atoms with Gasteiger partial charge in [-0.25, -0.2) is 0 Å². The number of anilines is 2. The van der Waals surface area contributed by atoms with Crippen molar-refractivity contribution < 1.29 is 4.42 Å². The SMILES string of the molecule is CC(C)(C)c1ccc(Nc2cc3sc4cc5c(cc4c3cc2-c2c3c4c(c6cc(C(C)(C)C)ccc6n4-c4c(sc6ccc(-c7ccccc7)cc46)B3)c3oc4ccccc4c23)C(C)(C)CCC5(C)C)cc1. The predicted molar refractivity (Wildman–Crippen MR) is 316 cm³/mol. The standard InChI is InChI=1S/C66H59BN2OS2/c1-63(2,3)38-21-24-40(25-22-38)68-49-35-54-42(43-33-47-48(34-53(43)71-54)66(9,10)29-28-65(47,7)8)32-44(49)55-56-41-18-14-15-19-51(41)70-61(56)57-45-31-39(64(4,5)6)23-26-50(45)69-59-46-30-37(36-16-12-11-13-17-36)20-27-52(46)72-62(59)67-58(55)60(57)69/h11-27,30-35,67-68H,28-29H2,1-10H3. The molecule has 0 fully saturated rings. The number of hydrogen-bond donors (Lipinski definition) is 1. The van der Waals surface area contributed by atoms with Gasteiger partial charge in [0.15, 0.2) is 0 Å². The van der Waals surface area contributed by atoms with E-state index in [1.54, 1.807) is 0 Å². The molecule has 0 atom stereocenters. The average Bonchev–Trinajstić information content (AvgIpc) is 4.11. The Morgan fingerprint density at radius 1 is 0.569 bits per heavy atom. The number of rotatable bonds is 4. The molecule has 3 nitrogen and oxygen atoms in total. The number of furan rings is 1. The molecule has 0 saturated carbocycles. The smallest absolute Gasteiger partial charge is 0.211 e. The van der Waals surface area contributed by atoms with Crippen LogP contribution in [0.5, 0.6) is 0 Å². The van der Waals surface area contributed by atoms with Crippen LogP contribution in [0.25, 0.3) is 102 Å². The van der Waals surface area contributed by atoms with E-state index < -0.39 is 0 Å². The van der Waals surface area contributed by atoms with Crippen molar-refractivity contribution >= 4 is 126 Å². The van der Waals surface area contributed by atoms with Gasteiger partial charge in [-0.05, 0) is 150 Å². The van der Waals surface area contributed by atoms with Gasteiger partial charge in [0.1, 0.15) is 11.2 Å². The highest BCUT2D eigenvalue weighted by Crippen LogP contribution is 2.53. The topological polar surface area (TPSA) is 30.1 Å². The fraction of sp³-hybridized carbons (Fsp3) is 0.242. The van der Waals surface area contributed by atoms with E-state index in [-0.39, 0.29) is 21.7 Å². The second-order valence-electron chi connectivity index (χ2n) is 24.4. The van der Waals surface area contributed by atoms with Crippen LogP contribution in [-0.2, 0) is 21.7 Å². The molecule has 72 heavy (non-hydrogen) atoms. The largest absolute Gasteiger partial charge is 0.455 e. The van der Waals surface area contributed by atoms with Crippen LogP contribution in [0.4, 0.5) is 11.4 Å². The minimum absolute atomic E-state index is 0.0437. The molecular formula is C66H59BN2OS2. The lowest BCUT2D eigenvalue weighted by molar-refractivity contribution is 0.332. The highest BCUT2D eigenvalue weighted by Gasteiger charge is 2.39. The Hall–Kier alpha value is -6.60. The van der Waals surface area contributed by atoms with Gasteiger partial charge < -0.3 is 14.3 Å². The monoisotopic (exact) mass is 970 g/mol. The fourth-order valence-electron chi connectivity index (χ4n) is 12.6. The molecule has 2 aliphatic rings. The van der Waals surface area contributed by atoms with Crippen molar-refractivity contribution in [2.24, 2.45) is 0 Å². The van der Waals surface area contributed by atoms with Crippen LogP contribution in [0.1, 0.15) is 104 Å². The van der Waals surface area contributed by atoms with Gasteiger partial charge in [0.05, 0.1) is 22.1 Å². The molecule has 4 aromatic heterocycles. The van der Waals surface area contributed by atoms with Gasteiger partial charge >= 0.3 is 0 Å². The van der Waals surface area contributed by atoms with E-state index in [0.29, 0.717) is 0 Å². The number of nitrogens with one attached hydrogen (secondary N) is 1. The summed E-state index contributed by atoms with van der Waals surface area (Å²) in [4.78, 5) is 0. The molecule has 0 bridgehead atoms. The van der Waals surface area contributed by atoms with Gasteiger partial charge in [-0.15, -0.1) is 22.7 Å². The molecule has 0 spiro atoms. The minimum atomic E-state index is -0.0437. The van der Waals surface area contributed by atoms with Gasteiger partial charge in [0.2, 0.25) is 7.28 Å². The lowest BCUT2D eigenvalue weighted by atomic mass is 9.62. The van der Waals surface area contributed by atoms with E-state index in [2.05, 4.69) is 219 Å². The van der Waals surface area contributed by atoms with Crippen LogP contribution in [0.15, 0.2) is 144 Å². The van der Waals surface area contributed by atoms with Crippen LogP contribution < -0.4 is 15.6 Å². The van der Waals surface area contributed by atoms with E-state index in [0.717, 1.165) is 35.2 Å². The third-order valence-electron chi connectivity index (χ3n) is 16.8. The Morgan fingerprint density at radius 2 is 1.25 bits per heavy atom. The van der Waals surface area contributed by atoms with E-state index in [1.807, 2.05) is 22.7 Å². The molecule has 1 N–H and O–H groups in total. The van der Waals surface area contributed by atoms with E-state index in [9.17, 15) is 0 Å². The molecule has 0 amide bonds. The van der Waals surface area contributed by atoms with Gasteiger partial charge in [0, 0.05) is 63.4 Å². The molecule has 14 rings (SSSR count). The lowest BCUT2D eigenvalue weighted by Gasteiger charge is -2.41. The summed E-state index contributed by atoms with van der Waals surface area (Å²) in [7, 11) is 0.804. The second kappa shape index (κ2) is 15.0. The van der Waals surface area contributed by atoms with Crippen molar-refractivity contribution in [3.63, 3.8) is 0 Å². The number of nitrogens with zero attached hydrogens (tertiary/aromatic N) is 1. The van der Waals surface area contributed by atoms with Gasteiger partial charge in [-0.1, -0.05) is 142 Å². The van der Waals surface area contributed by atoms with Crippen LogP contribution in [0, 0.1) is 0 Å². The first-order valence-electron chi connectivity index (χ1n) is 25.9. The normalized spacial score (nSPS) is 15.3. The Bertz CT molecular complexity index is 4280. The summed E-state index contributed by atoms with van der Waals surface area (Å²) in [5, 5.41) is 12.8. The van der Waals surface area contributed by atoms with Gasteiger partial charge in [-0.2, -0.15) is 0 Å². The Balaban J connectivity index is 1.14. The zero-order chi connectivity index (χ0) is 49.4. The first-order valence-corrected chi connectivity index (χ1v) is 27.5. The molecule has 354 valence electrons. The summed E-state index contributed by atoms with van der Waals surface area (Å²) in [6.45, 7) is 23.7. The van der Waals surface area contributed by atoms with E-state index >= 15 is 0 Å². The Kier molecular flexibility index (Phi) is 9.19. The zero-order valence-electron chi connectivity index (χ0n) is 43.1. The van der Waals surface area contributed by atoms with Crippen molar-refractivity contribution in [1.29, 1.82) is 0 Å². The summed E-state index contributed by atoms with van der Waals surface area (Å²) in [5.41, 5.74) is 20.0. The highest BCUT2D eigenvalue weighted by atomic mass is 32.1. The van der Waals surface area contributed by atoms with Crippen LogP contribution in [-0.4, -0.2) is 11.8 Å². The lowest BCUT2D eigenvalue weighted by Crippen LogP contribution is -2.35. The van der Waals surface area contributed by atoms with Gasteiger partial charge in [0.25, 0.3) is 0 Å². The maximum Gasteiger partial charge on any atom is 0.211 e. The second-order valence-corrected chi connectivity index (χ2v) is 26.7. The molecule has 0 unspecified atom stereocenters.